The van der Waals surface area contributed by atoms with Gasteiger partial charge in [-0.1, -0.05) is 0 Å². The Labute approximate surface area is 322 Å². The van der Waals surface area contributed by atoms with E-state index in [2.05, 4.69) is 47.3 Å². The van der Waals surface area contributed by atoms with Gasteiger partial charge in [-0.05, 0) is 198 Å². The molecule has 50 heavy (non-hydrogen) atoms. The van der Waals surface area contributed by atoms with Gasteiger partial charge in [0.15, 0.2) is 23.1 Å². The predicted molar refractivity (Wildman–Crippen MR) is 219 cm³/mol. The Balaban J connectivity index is 0.00000160. The highest BCUT2D eigenvalue weighted by atomic mass is 79.9. The number of ketones is 4. The van der Waals surface area contributed by atoms with Crippen molar-refractivity contribution in [2.24, 2.45) is 0 Å². The van der Waals surface area contributed by atoms with Crippen molar-refractivity contribution >= 4 is 73.6 Å². The van der Waals surface area contributed by atoms with Crippen LogP contribution in [0.4, 0.5) is 0 Å². The van der Waals surface area contributed by atoms with Crippen LogP contribution in [-0.4, -0.2) is 26.3 Å². The van der Waals surface area contributed by atoms with Gasteiger partial charge in [0.05, 0.1) is 11.1 Å². The van der Waals surface area contributed by atoms with E-state index in [1.165, 1.54) is 0 Å². The zero-order chi connectivity index (χ0) is 37.9. The second-order valence-corrected chi connectivity index (χ2v) is 19.7. The van der Waals surface area contributed by atoms with Crippen molar-refractivity contribution in [1.29, 1.82) is 0 Å². The van der Waals surface area contributed by atoms with Gasteiger partial charge < -0.3 is 0 Å². The zero-order valence-corrected chi connectivity index (χ0v) is 35.7. The van der Waals surface area contributed by atoms with E-state index in [0.717, 1.165) is 66.8 Å². The van der Waals surface area contributed by atoms with Crippen molar-refractivity contribution in [3.8, 4) is 0 Å². The smallest absolute Gasteiger partial charge is 0.288 e. The maximum Gasteiger partial charge on any atom is 0.369 e. The SMILES string of the molecule is BrB(Br)Br.Cc1cc(C(=O)C(C(=O)c2cc(C)c(C)c(C)c2)=C(C(=O)c2cc(C)c(C)c(C)c2)C(=O)c2cc(C)c(C)c(C)c2)cc(C)c1C. The van der Waals surface area contributed by atoms with Gasteiger partial charge in [0.1, 0.15) is 0 Å². The molecule has 4 rings (SSSR count). The molecule has 0 atom stereocenters. The largest absolute Gasteiger partial charge is 0.369 e. The highest BCUT2D eigenvalue weighted by molar-refractivity contribution is 9.69. The monoisotopic (exact) mass is 860 g/mol. The molecule has 8 heteroatoms. The van der Waals surface area contributed by atoms with E-state index in [0.29, 0.717) is 0 Å². The maximum atomic E-state index is 14.7. The number of rotatable bonds is 8. The van der Waals surface area contributed by atoms with Crippen molar-refractivity contribution < 1.29 is 19.2 Å². The Bertz CT molecular complexity index is 1710. The molecule has 0 unspecified atom stereocenters. The molecule has 4 aromatic carbocycles. The third-order valence-electron chi connectivity index (χ3n) is 9.92. The van der Waals surface area contributed by atoms with Gasteiger partial charge in [-0.2, -0.15) is 0 Å². The maximum absolute atomic E-state index is 14.7. The predicted octanol–water partition coefficient (Wildman–Crippen LogP) is 11.7. The minimum atomic E-state index is -0.648. The summed E-state index contributed by atoms with van der Waals surface area (Å²) in [4.78, 5) is 58.9. The summed E-state index contributed by atoms with van der Waals surface area (Å²) in [6.45, 7) is 23.1. The average Bonchev–Trinajstić information content (AvgIpc) is 3.03. The first-order valence-electron chi connectivity index (χ1n) is 16.3. The Kier molecular flexibility index (Phi) is 13.9. The summed E-state index contributed by atoms with van der Waals surface area (Å²) >= 11 is 9.31. The molecule has 0 radical (unpaired) electrons. The van der Waals surface area contributed by atoms with Crippen molar-refractivity contribution in [1.82, 2.24) is 0 Å². The molecule has 0 amide bonds. The molecule has 0 aliphatic carbocycles. The van der Waals surface area contributed by atoms with Crippen LogP contribution in [0.1, 0.15) is 108 Å². The molecule has 0 aliphatic heterocycles. The molecular formula is C42H44BBr3O4. The molecule has 0 saturated heterocycles. The van der Waals surface area contributed by atoms with Crippen LogP contribution in [-0.2, 0) is 0 Å². The Morgan fingerprint density at radius 2 is 0.460 bits per heavy atom. The van der Waals surface area contributed by atoms with Gasteiger partial charge in [-0.3, -0.25) is 19.2 Å². The highest BCUT2D eigenvalue weighted by Gasteiger charge is 2.35. The van der Waals surface area contributed by atoms with E-state index in [-0.39, 0.29) is 25.4 Å². The van der Waals surface area contributed by atoms with E-state index in [1.807, 2.05) is 83.1 Å². The molecule has 0 aromatic heterocycles. The van der Waals surface area contributed by atoms with Gasteiger partial charge >= 0.3 is 3.18 Å². The lowest BCUT2D eigenvalue weighted by molar-refractivity contribution is 0.0908. The van der Waals surface area contributed by atoms with E-state index in [9.17, 15) is 19.2 Å². The Hall–Kier alpha value is -3.20. The second-order valence-electron chi connectivity index (χ2n) is 13.3. The van der Waals surface area contributed by atoms with Crippen LogP contribution < -0.4 is 0 Å². The molecule has 260 valence electrons. The van der Waals surface area contributed by atoms with Crippen LogP contribution >= 0.6 is 47.3 Å². The third-order valence-corrected chi connectivity index (χ3v) is 9.92. The summed E-state index contributed by atoms with van der Waals surface area (Å²) < 4.78 is 0.271. The summed E-state index contributed by atoms with van der Waals surface area (Å²) in [7, 11) is 0. The fourth-order valence-corrected chi connectivity index (χ4v) is 5.90. The fraction of sp³-hybridized carbons (Fsp3) is 0.286. The summed E-state index contributed by atoms with van der Waals surface area (Å²) in [5, 5.41) is 0. The minimum absolute atomic E-state index is 0.259. The van der Waals surface area contributed by atoms with Gasteiger partial charge in [-0.15, -0.1) is 47.3 Å². The van der Waals surface area contributed by atoms with Crippen LogP contribution in [0.25, 0.3) is 0 Å². The molecule has 0 aliphatic rings. The zero-order valence-electron chi connectivity index (χ0n) is 31.0. The molecule has 0 bridgehead atoms. The lowest BCUT2D eigenvalue weighted by atomic mass is 9.82. The Morgan fingerprint density at radius 1 is 0.340 bits per heavy atom. The number of carbonyl (C=O) groups is 4. The topological polar surface area (TPSA) is 68.3 Å². The van der Waals surface area contributed by atoms with Crippen molar-refractivity contribution in [2.75, 3.05) is 0 Å². The van der Waals surface area contributed by atoms with E-state index < -0.39 is 34.3 Å². The lowest BCUT2D eigenvalue weighted by Crippen LogP contribution is -2.25. The fourth-order valence-electron chi connectivity index (χ4n) is 5.90. The highest BCUT2D eigenvalue weighted by Crippen LogP contribution is 2.30. The first-order valence-corrected chi connectivity index (χ1v) is 19.1. The third kappa shape index (κ3) is 9.17. The van der Waals surface area contributed by atoms with Crippen LogP contribution in [0, 0.1) is 83.1 Å². The van der Waals surface area contributed by atoms with E-state index >= 15 is 0 Å². The van der Waals surface area contributed by atoms with E-state index in [1.54, 1.807) is 48.5 Å². The number of Topliss-reactive ketones (excluding diaryl/α,β-unsaturated/α-hetero) is 4. The molecular weight excluding hydrogens is 819 g/mol. The molecule has 0 heterocycles. The van der Waals surface area contributed by atoms with Crippen molar-refractivity contribution in [3.05, 3.63) is 149 Å². The summed E-state index contributed by atoms with van der Waals surface area (Å²) in [5.74, 6) is -2.59. The molecule has 4 nitrogen and oxygen atoms in total. The number of hydrogen-bond acceptors (Lipinski definition) is 4. The van der Waals surface area contributed by atoms with Crippen LogP contribution in [0.15, 0.2) is 59.7 Å². The molecule has 0 saturated carbocycles. The molecule has 0 N–H and O–H groups in total. The van der Waals surface area contributed by atoms with Crippen molar-refractivity contribution in [3.63, 3.8) is 0 Å². The van der Waals surface area contributed by atoms with Crippen LogP contribution in [0.5, 0.6) is 0 Å². The summed E-state index contributed by atoms with van der Waals surface area (Å²) in [5.41, 5.74) is 11.4. The second kappa shape index (κ2) is 16.9. The molecule has 0 spiro atoms. The lowest BCUT2D eigenvalue weighted by Gasteiger charge is -2.18. The Morgan fingerprint density at radius 3 is 0.580 bits per heavy atom. The standard InChI is InChI=1S/C42H44O4.BBr3/c1-21-13-33(14-22(2)29(21)9)39(43)37(40(44)34-15-23(3)30(10)24(4)16-34)38(41(45)35-17-25(5)31(11)26(6)18-35)42(46)36-19-27(7)32(12)28(8)20-36;2-1(3)4/h13-20H,1-12H3;. The first kappa shape index (κ1) is 41.2. The summed E-state index contributed by atoms with van der Waals surface area (Å²) in [6, 6.07) is 13.9. The summed E-state index contributed by atoms with van der Waals surface area (Å²) in [6.07, 6.45) is 0. The minimum Gasteiger partial charge on any atom is -0.288 e. The quantitative estimate of drug-likeness (QED) is 0.0582. The number of aryl methyl sites for hydroxylation is 8. The normalized spacial score (nSPS) is 10.6. The number of benzene rings is 4. The number of allylic oxidation sites excluding steroid dienone is 2. The van der Waals surface area contributed by atoms with Gasteiger partial charge in [0.25, 0.3) is 0 Å². The van der Waals surface area contributed by atoms with Gasteiger partial charge in [-0.25, -0.2) is 0 Å². The van der Waals surface area contributed by atoms with Crippen LogP contribution in [0.3, 0.4) is 0 Å². The number of carbonyl (C=O) groups excluding carboxylic acids is 4. The molecule has 0 fully saturated rings. The van der Waals surface area contributed by atoms with Gasteiger partial charge in [0.2, 0.25) is 0 Å². The average molecular weight is 863 g/mol. The van der Waals surface area contributed by atoms with Gasteiger partial charge in [0, 0.05) is 22.3 Å². The van der Waals surface area contributed by atoms with Crippen LogP contribution in [0.2, 0.25) is 0 Å². The number of hydrogen-bond donors (Lipinski definition) is 0. The molecule has 4 aromatic rings. The first-order chi connectivity index (χ1) is 23.2. The number of halogens is 3. The van der Waals surface area contributed by atoms with E-state index in [4.69, 9.17) is 0 Å². The van der Waals surface area contributed by atoms with Crippen molar-refractivity contribution in [2.45, 2.75) is 83.1 Å².